The van der Waals surface area contributed by atoms with E-state index in [9.17, 15) is 0 Å². The largest absolute Gasteiger partial charge is 0.378 e. The molecule has 0 amide bonds. The lowest BCUT2D eigenvalue weighted by Crippen LogP contribution is -2.33. The smallest absolute Gasteiger partial charge is 0.145 e. The third-order valence-electron chi connectivity index (χ3n) is 2.54. The van der Waals surface area contributed by atoms with Crippen molar-refractivity contribution in [2.75, 3.05) is 25.5 Å². The fourth-order valence-electron chi connectivity index (χ4n) is 1.71. The summed E-state index contributed by atoms with van der Waals surface area (Å²) in [7, 11) is 1.71. The first-order valence-electron chi connectivity index (χ1n) is 4.92. The van der Waals surface area contributed by atoms with Gasteiger partial charge < -0.3 is 15.4 Å². The van der Waals surface area contributed by atoms with E-state index >= 15 is 0 Å². The van der Waals surface area contributed by atoms with Crippen LogP contribution in [0, 0.1) is 0 Å². The molecule has 1 aliphatic rings. The maximum Gasteiger partial charge on any atom is 0.145 e. The van der Waals surface area contributed by atoms with Gasteiger partial charge in [-0.1, -0.05) is 11.6 Å². The Kier molecular flexibility index (Phi) is 3.41. The van der Waals surface area contributed by atoms with Crippen molar-refractivity contribution in [3.05, 3.63) is 23.4 Å². The number of nitrogens with one attached hydrogen (secondary N) is 2. The minimum absolute atomic E-state index is 0.170. The van der Waals surface area contributed by atoms with Crippen LogP contribution in [-0.2, 0) is 4.74 Å². The van der Waals surface area contributed by atoms with Crippen molar-refractivity contribution >= 4 is 17.4 Å². The second-order valence-corrected chi connectivity index (χ2v) is 3.92. The van der Waals surface area contributed by atoms with Crippen LogP contribution in [0.15, 0.2) is 18.3 Å². The molecule has 1 aromatic heterocycles. The van der Waals surface area contributed by atoms with Gasteiger partial charge in [-0.2, -0.15) is 0 Å². The SMILES string of the molecule is CO[C@H]1CNCC1Nc1ncccc1Cl. The van der Waals surface area contributed by atoms with Crippen LogP contribution in [-0.4, -0.2) is 37.3 Å². The van der Waals surface area contributed by atoms with E-state index in [1.54, 1.807) is 13.3 Å². The van der Waals surface area contributed by atoms with Gasteiger partial charge in [0.05, 0.1) is 17.2 Å². The van der Waals surface area contributed by atoms with Crippen molar-refractivity contribution in [2.45, 2.75) is 12.1 Å². The quantitative estimate of drug-likeness (QED) is 0.813. The molecule has 1 saturated heterocycles. The van der Waals surface area contributed by atoms with Gasteiger partial charge in [0.1, 0.15) is 5.82 Å². The summed E-state index contributed by atoms with van der Waals surface area (Å²) in [6, 6.07) is 3.86. The van der Waals surface area contributed by atoms with Crippen molar-refractivity contribution in [3.8, 4) is 0 Å². The number of hydrogen-bond donors (Lipinski definition) is 2. The average molecular weight is 228 g/mol. The van der Waals surface area contributed by atoms with Crippen LogP contribution in [0.3, 0.4) is 0 Å². The zero-order valence-electron chi connectivity index (χ0n) is 8.53. The van der Waals surface area contributed by atoms with E-state index < -0.39 is 0 Å². The molecule has 1 fully saturated rings. The molecule has 15 heavy (non-hydrogen) atoms. The predicted octanol–water partition coefficient (Wildman–Crippen LogP) is 1.13. The van der Waals surface area contributed by atoms with Gasteiger partial charge in [0.25, 0.3) is 0 Å². The maximum atomic E-state index is 6.01. The van der Waals surface area contributed by atoms with Crippen molar-refractivity contribution in [2.24, 2.45) is 0 Å². The second-order valence-electron chi connectivity index (χ2n) is 3.52. The van der Waals surface area contributed by atoms with Gasteiger partial charge in [0, 0.05) is 26.4 Å². The highest BCUT2D eigenvalue weighted by atomic mass is 35.5. The lowest BCUT2D eigenvalue weighted by atomic mass is 10.2. The normalized spacial score (nSPS) is 25.5. The molecule has 0 aliphatic carbocycles. The van der Waals surface area contributed by atoms with Gasteiger partial charge in [0.15, 0.2) is 0 Å². The number of aromatic nitrogens is 1. The van der Waals surface area contributed by atoms with E-state index in [2.05, 4.69) is 15.6 Å². The molecule has 2 heterocycles. The fourth-order valence-corrected chi connectivity index (χ4v) is 1.89. The van der Waals surface area contributed by atoms with Crippen molar-refractivity contribution in [1.82, 2.24) is 10.3 Å². The van der Waals surface area contributed by atoms with E-state index in [-0.39, 0.29) is 12.1 Å². The monoisotopic (exact) mass is 227 g/mol. The molecule has 1 aromatic rings. The molecular weight excluding hydrogens is 214 g/mol. The molecule has 5 heteroatoms. The zero-order valence-corrected chi connectivity index (χ0v) is 9.29. The standard InChI is InChI=1S/C10H14ClN3O/c1-15-9-6-12-5-8(9)14-10-7(11)3-2-4-13-10/h2-4,8-9,12H,5-6H2,1H3,(H,13,14)/t8?,9-/m0/s1. The van der Waals surface area contributed by atoms with Gasteiger partial charge >= 0.3 is 0 Å². The second kappa shape index (κ2) is 4.79. The van der Waals surface area contributed by atoms with E-state index in [4.69, 9.17) is 16.3 Å². The minimum atomic E-state index is 0.170. The molecule has 2 atom stereocenters. The Morgan fingerprint density at radius 3 is 3.20 bits per heavy atom. The molecule has 4 nitrogen and oxygen atoms in total. The van der Waals surface area contributed by atoms with Crippen LogP contribution < -0.4 is 10.6 Å². The molecular formula is C10H14ClN3O. The first-order valence-corrected chi connectivity index (χ1v) is 5.29. The van der Waals surface area contributed by atoms with E-state index in [0.717, 1.165) is 18.9 Å². The summed E-state index contributed by atoms with van der Waals surface area (Å²) in [5.74, 6) is 0.718. The van der Waals surface area contributed by atoms with Gasteiger partial charge in [-0.05, 0) is 12.1 Å². The molecule has 82 valence electrons. The fraction of sp³-hybridized carbons (Fsp3) is 0.500. The van der Waals surface area contributed by atoms with Crippen LogP contribution in [0.5, 0.6) is 0 Å². The minimum Gasteiger partial charge on any atom is -0.378 e. The molecule has 0 spiro atoms. The molecule has 1 unspecified atom stereocenters. The maximum absolute atomic E-state index is 6.01. The molecule has 0 bridgehead atoms. The summed E-state index contributed by atoms with van der Waals surface area (Å²) in [5.41, 5.74) is 0. The Bertz CT molecular complexity index is 334. The van der Waals surface area contributed by atoms with Gasteiger partial charge in [0.2, 0.25) is 0 Å². The number of pyridine rings is 1. The Labute approximate surface area is 94.0 Å². The number of methoxy groups -OCH3 is 1. The summed E-state index contributed by atoms with van der Waals surface area (Å²) in [5, 5.41) is 7.17. The number of ether oxygens (including phenoxy) is 1. The van der Waals surface area contributed by atoms with Crippen molar-refractivity contribution < 1.29 is 4.74 Å². The average Bonchev–Trinajstić information content (AvgIpc) is 2.69. The third-order valence-corrected chi connectivity index (χ3v) is 2.85. The van der Waals surface area contributed by atoms with Crippen LogP contribution >= 0.6 is 11.6 Å². The Morgan fingerprint density at radius 2 is 2.47 bits per heavy atom. The number of hydrogen-bond acceptors (Lipinski definition) is 4. The lowest BCUT2D eigenvalue weighted by molar-refractivity contribution is 0.111. The molecule has 0 radical (unpaired) electrons. The molecule has 2 rings (SSSR count). The lowest BCUT2D eigenvalue weighted by Gasteiger charge is -2.19. The first kappa shape index (κ1) is 10.7. The highest BCUT2D eigenvalue weighted by Crippen LogP contribution is 2.20. The number of anilines is 1. The summed E-state index contributed by atoms with van der Waals surface area (Å²) in [4.78, 5) is 4.18. The van der Waals surface area contributed by atoms with E-state index in [1.807, 2.05) is 12.1 Å². The Morgan fingerprint density at radius 1 is 1.60 bits per heavy atom. The summed E-state index contributed by atoms with van der Waals surface area (Å²) < 4.78 is 5.34. The number of rotatable bonds is 3. The van der Waals surface area contributed by atoms with Gasteiger partial charge in [-0.3, -0.25) is 0 Å². The summed E-state index contributed by atoms with van der Waals surface area (Å²) in [6.07, 6.45) is 1.89. The van der Waals surface area contributed by atoms with Crippen molar-refractivity contribution in [1.29, 1.82) is 0 Å². The molecule has 1 aliphatic heterocycles. The van der Waals surface area contributed by atoms with Crippen LogP contribution in [0.1, 0.15) is 0 Å². The topological polar surface area (TPSA) is 46.2 Å². The van der Waals surface area contributed by atoms with Crippen molar-refractivity contribution in [3.63, 3.8) is 0 Å². The zero-order chi connectivity index (χ0) is 10.7. The van der Waals surface area contributed by atoms with E-state index in [0.29, 0.717) is 5.02 Å². The number of nitrogens with zero attached hydrogens (tertiary/aromatic N) is 1. The Balaban J connectivity index is 2.05. The highest BCUT2D eigenvalue weighted by molar-refractivity contribution is 6.32. The molecule has 0 aromatic carbocycles. The van der Waals surface area contributed by atoms with Gasteiger partial charge in [-0.25, -0.2) is 4.98 Å². The summed E-state index contributed by atoms with van der Waals surface area (Å²) >= 11 is 6.01. The summed E-state index contributed by atoms with van der Waals surface area (Å²) in [6.45, 7) is 1.73. The Hall–Kier alpha value is -0.840. The van der Waals surface area contributed by atoms with Crippen LogP contribution in [0.4, 0.5) is 5.82 Å². The van der Waals surface area contributed by atoms with Crippen LogP contribution in [0.2, 0.25) is 5.02 Å². The third kappa shape index (κ3) is 2.40. The highest BCUT2D eigenvalue weighted by Gasteiger charge is 2.27. The first-order chi connectivity index (χ1) is 7.31. The predicted molar refractivity (Wildman–Crippen MR) is 60.3 cm³/mol. The van der Waals surface area contributed by atoms with E-state index in [1.165, 1.54) is 0 Å². The molecule has 2 N–H and O–H groups in total. The van der Waals surface area contributed by atoms with Crippen LogP contribution in [0.25, 0.3) is 0 Å². The number of halogens is 1. The molecule has 0 saturated carbocycles. The van der Waals surface area contributed by atoms with Gasteiger partial charge in [-0.15, -0.1) is 0 Å².